The summed E-state index contributed by atoms with van der Waals surface area (Å²) in [7, 11) is 3.18. The summed E-state index contributed by atoms with van der Waals surface area (Å²) in [5.41, 5.74) is 10.8. The van der Waals surface area contributed by atoms with Crippen LogP contribution in [0.15, 0.2) is 71.6 Å². The van der Waals surface area contributed by atoms with Crippen LogP contribution in [-0.4, -0.2) is 77.5 Å². The first-order valence-electron chi connectivity index (χ1n) is 15.2. The number of para-hydroxylation sites is 1. The molecule has 2 aromatic carbocycles. The number of amidine groups is 1. The van der Waals surface area contributed by atoms with Crippen LogP contribution in [0, 0.1) is 6.92 Å². The maximum absolute atomic E-state index is 13.2. The fourth-order valence-electron chi connectivity index (χ4n) is 5.62. The molecule has 0 aliphatic carbocycles. The molecule has 1 atom stereocenters. The molecule has 0 spiro atoms. The van der Waals surface area contributed by atoms with Crippen LogP contribution in [-0.2, 0) is 9.53 Å². The number of likely N-dealkylation sites (tertiary alicyclic amines) is 1. The molecule has 6 rings (SSSR count). The number of fused-ring (bicyclic) bond motifs is 2. The van der Waals surface area contributed by atoms with Crippen LogP contribution in [0.2, 0.25) is 0 Å². The van der Waals surface area contributed by atoms with Gasteiger partial charge in [0.05, 0.1) is 30.6 Å². The van der Waals surface area contributed by atoms with Gasteiger partial charge in [0.15, 0.2) is 10.6 Å². The van der Waals surface area contributed by atoms with E-state index in [1.807, 2.05) is 69.6 Å². The van der Waals surface area contributed by atoms with E-state index in [1.165, 1.54) is 18.4 Å². The normalized spacial score (nSPS) is 15.7. The second-order valence-corrected chi connectivity index (χ2v) is 12.4. The molecule has 12 nitrogen and oxygen atoms in total. The van der Waals surface area contributed by atoms with Gasteiger partial charge in [0.1, 0.15) is 11.9 Å². The summed E-state index contributed by atoms with van der Waals surface area (Å²) < 4.78 is 12.3. The number of carbonyl (C=O) groups is 2. The summed E-state index contributed by atoms with van der Waals surface area (Å²) in [6, 6.07) is 13.5. The van der Waals surface area contributed by atoms with Gasteiger partial charge in [-0.25, -0.2) is 14.8 Å². The number of aryl methyl sites for hydroxylation is 1. The van der Waals surface area contributed by atoms with Gasteiger partial charge in [0, 0.05) is 59.3 Å². The third kappa shape index (κ3) is 6.81. The molecule has 242 valence electrons. The molecule has 0 radical (unpaired) electrons. The molecule has 4 heterocycles. The van der Waals surface area contributed by atoms with Crippen molar-refractivity contribution in [3.05, 3.63) is 77.1 Å². The van der Waals surface area contributed by atoms with Crippen molar-refractivity contribution >= 4 is 61.7 Å². The second kappa shape index (κ2) is 13.6. The summed E-state index contributed by atoms with van der Waals surface area (Å²) in [5.74, 6) is 0.532. The molecule has 1 unspecified atom stereocenters. The van der Waals surface area contributed by atoms with Crippen LogP contribution in [0.4, 0.5) is 11.6 Å². The van der Waals surface area contributed by atoms with Crippen molar-refractivity contribution < 1.29 is 19.1 Å². The molecule has 1 saturated heterocycles. The zero-order chi connectivity index (χ0) is 33.1. The minimum Gasteiger partial charge on any atom is -0.487 e. The van der Waals surface area contributed by atoms with Gasteiger partial charge in [0.25, 0.3) is 5.95 Å². The fraction of sp³-hybridized carbons (Fsp3) is 0.265. The molecule has 0 saturated carbocycles. The van der Waals surface area contributed by atoms with E-state index in [2.05, 4.69) is 35.5 Å². The van der Waals surface area contributed by atoms with Crippen molar-refractivity contribution in [2.45, 2.75) is 26.4 Å². The number of esters is 1. The van der Waals surface area contributed by atoms with E-state index in [0.29, 0.717) is 35.1 Å². The number of aromatic amines is 1. The Morgan fingerprint density at radius 3 is 2.83 bits per heavy atom. The number of anilines is 1. The molecule has 1 amide bonds. The Kier molecular flexibility index (Phi) is 9.18. The summed E-state index contributed by atoms with van der Waals surface area (Å²) >= 11 is 1.36. The number of methoxy groups -OCH3 is 1. The Labute approximate surface area is 275 Å². The molecule has 1 fully saturated rings. The number of thiophene rings is 1. The molecule has 5 N–H and O–H groups in total. The van der Waals surface area contributed by atoms with Gasteiger partial charge in [-0.1, -0.05) is 24.3 Å². The van der Waals surface area contributed by atoms with Crippen LogP contribution in [0.25, 0.3) is 32.2 Å². The van der Waals surface area contributed by atoms with Gasteiger partial charge in [0.2, 0.25) is 5.91 Å². The number of hydrogen-bond donors (Lipinski definition) is 4. The van der Waals surface area contributed by atoms with Gasteiger partial charge in [-0.05, 0) is 50.1 Å². The Balaban J connectivity index is 1.14. The summed E-state index contributed by atoms with van der Waals surface area (Å²) in [6.07, 6.45) is 5.87. The first-order chi connectivity index (χ1) is 22.7. The lowest BCUT2D eigenvalue weighted by atomic mass is 10.1. The van der Waals surface area contributed by atoms with E-state index in [1.54, 1.807) is 12.3 Å². The predicted molar refractivity (Wildman–Crippen MR) is 185 cm³/mol. The summed E-state index contributed by atoms with van der Waals surface area (Å²) in [5, 5.41) is 7.87. The third-order valence-electron chi connectivity index (χ3n) is 7.99. The molecule has 13 heteroatoms. The number of aromatic nitrogens is 3. The van der Waals surface area contributed by atoms with E-state index in [-0.39, 0.29) is 30.3 Å². The van der Waals surface area contributed by atoms with E-state index in [4.69, 9.17) is 15.2 Å². The second-order valence-electron chi connectivity index (χ2n) is 11.3. The van der Waals surface area contributed by atoms with Crippen LogP contribution >= 0.6 is 11.3 Å². The standard InChI is InChI=1S/C34H36N8O4S/c1-19-15-38-34(40-27(35)14-20(2)36-3)41-29(19)24-16-37-30-22(24)9-7-10-25(30)39-28(43)18-42-13-12-21(17-42)46-31-23-8-5-6-11-26(23)47-32(31)33(44)45-4/h5-11,14-16,21,36-37H,12-13,17-18H2,1-4H3,(H,39,43)(H2,35,38,40,41)/b20-14-. The van der Waals surface area contributed by atoms with Crippen molar-refractivity contribution in [3.63, 3.8) is 0 Å². The first kappa shape index (κ1) is 31.7. The lowest BCUT2D eigenvalue weighted by Crippen LogP contribution is -2.33. The number of benzene rings is 2. The molecule has 47 heavy (non-hydrogen) atoms. The number of hydrogen-bond acceptors (Lipinski definition) is 10. The van der Waals surface area contributed by atoms with Crippen molar-refractivity contribution in [2.75, 3.05) is 39.1 Å². The van der Waals surface area contributed by atoms with E-state index in [9.17, 15) is 9.59 Å². The summed E-state index contributed by atoms with van der Waals surface area (Å²) in [4.78, 5) is 44.9. The molecule has 1 aliphatic heterocycles. The average Bonchev–Trinajstić information content (AvgIpc) is 3.79. The number of nitrogens with zero attached hydrogens (tertiary/aromatic N) is 4. The lowest BCUT2D eigenvalue weighted by Gasteiger charge is -2.17. The number of nitrogens with one attached hydrogen (secondary N) is 3. The van der Waals surface area contributed by atoms with Gasteiger partial charge in [-0.2, -0.15) is 4.99 Å². The van der Waals surface area contributed by atoms with Crippen molar-refractivity contribution in [3.8, 4) is 17.0 Å². The highest BCUT2D eigenvalue weighted by molar-refractivity contribution is 7.21. The Morgan fingerprint density at radius 1 is 1.21 bits per heavy atom. The summed E-state index contributed by atoms with van der Waals surface area (Å²) in [6.45, 7) is 5.28. The zero-order valence-electron chi connectivity index (χ0n) is 26.6. The Hall–Kier alpha value is -5.27. The average molecular weight is 653 g/mol. The number of carbonyl (C=O) groups excluding carboxylic acids is 2. The van der Waals surface area contributed by atoms with Crippen molar-refractivity contribution in [1.29, 1.82) is 0 Å². The molecule has 3 aromatic heterocycles. The van der Waals surface area contributed by atoms with Crippen LogP contribution in [0.3, 0.4) is 0 Å². The zero-order valence-corrected chi connectivity index (χ0v) is 27.4. The highest BCUT2D eigenvalue weighted by Crippen LogP contribution is 2.39. The SMILES string of the molecule is CN/C(C)=C\C(N)=N/c1ncc(C)c(-c2c[nH]c3c(NC(=O)CN4CCC(Oc5c(C(=O)OC)sc6ccccc56)C4)cccc23)n1. The minimum atomic E-state index is -0.418. The highest BCUT2D eigenvalue weighted by atomic mass is 32.1. The Bertz CT molecular complexity index is 2030. The molecular formula is C34H36N8O4S. The van der Waals surface area contributed by atoms with E-state index in [0.717, 1.165) is 44.2 Å². The van der Waals surface area contributed by atoms with Crippen molar-refractivity contribution in [2.24, 2.45) is 10.7 Å². The predicted octanol–water partition coefficient (Wildman–Crippen LogP) is 5.14. The number of H-pyrrole nitrogens is 1. The smallest absolute Gasteiger partial charge is 0.351 e. The van der Waals surface area contributed by atoms with E-state index >= 15 is 0 Å². The molecular weight excluding hydrogens is 616 g/mol. The topological polar surface area (TPSA) is 160 Å². The van der Waals surface area contributed by atoms with Gasteiger partial charge in [-0.3, -0.25) is 9.69 Å². The van der Waals surface area contributed by atoms with Crippen LogP contribution in [0.1, 0.15) is 28.6 Å². The fourth-order valence-corrected chi connectivity index (χ4v) is 6.67. The van der Waals surface area contributed by atoms with Gasteiger partial charge in [-0.15, -0.1) is 11.3 Å². The number of ether oxygens (including phenoxy) is 2. The van der Waals surface area contributed by atoms with Crippen LogP contribution in [0.5, 0.6) is 5.75 Å². The lowest BCUT2D eigenvalue weighted by molar-refractivity contribution is -0.117. The first-order valence-corrected chi connectivity index (χ1v) is 16.0. The maximum atomic E-state index is 13.2. The number of rotatable bonds is 10. The van der Waals surface area contributed by atoms with Gasteiger partial charge < -0.3 is 30.8 Å². The number of aliphatic imine (C=N–C) groups is 1. The number of allylic oxidation sites excluding steroid dienone is 1. The monoisotopic (exact) mass is 652 g/mol. The maximum Gasteiger partial charge on any atom is 0.351 e. The third-order valence-corrected chi connectivity index (χ3v) is 9.13. The molecule has 1 aliphatic rings. The highest BCUT2D eigenvalue weighted by Gasteiger charge is 2.29. The van der Waals surface area contributed by atoms with Crippen LogP contribution < -0.4 is 21.1 Å². The van der Waals surface area contributed by atoms with E-state index < -0.39 is 5.97 Å². The van der Waals surface area contributed by atoms with Crippen molar-refractivity contribution in [1.82, 2.24) is 25.2 Å². The number of nitrogens with two attached hydrogens (primary N) is 1. The largest absolute Gasteiger partial charge is 0.487 e. The molecule has 0 bridgehead atoms. The molecule has 5 aromatic rings. The van der Waals surface area contributed by atoms with Gasteiger partial charge >= 0.3 is 5.97 Å². The Morgan fingerprint density at radius 2 is 2.02 bits per heavy atom. The minimum absolute atomic E-state index is 0.138. The number of amides is 1. The quantitative estimate of drug-likeness (QED) is 0.0910.